The van der Waals surface area contributed by atoms with Crippen LogP contribution in [-0.2, 0) is 0 Å². The lowest BCUT2D eigenvalue weighted by Crippen LogP contribution is -2.35. The van der Waals surface area contributed by atoms with Crippen molar-refractivity contribution in [2.24, 2.45) is 0 Å². The van der Waals surface area contributed by atoms with Crippen LogP contribution in [0.3, 0.4) is 0 Å². The molecule has 70 valence electrons. The molecule has 0 unspecified atom stereocenters. The lowest BCUT2D eigenvalue weighted by Gasteiger charge is -2.12. The molecule has 0 saturated carbocycles. The van der Waals surface area contributed by atoms with Crippen LogP contribution >= 0.6 is 0 Å². The zero-order chi connectivity index (χ0) is 9.68. The molecule has 3 nitrogen and oxygen atoms in total. The summed E-state index contributed by atoms with van der Waals surface area (Å²) in [6.45, 7) is 0. The maximum absolute atomic E-state index is 3.13. The largest absolute Gasteiger partial charge is 0.272 e. The van der Waals surface area contributed by atoms with E-state index < -0.39 is 0 Å². The summed E-state index contributed by atoms with van der Waals surface area (Å²) in [4.78, 5) is 0. The molecule has 1 N–H and O–H groups in total. The Hall–Kier alpha value is -1.51. The van der Waals surface area contributed by atoms with Crippen LogP contribution in [0.1, 0.15) is 0 Å². The molecule has 0 heterocycles. The number of rotatable bonds is 3. The van der Waals surface area contributed by atoms with Crippen LogP contribution in [0.25, 0.3) is 0 Å². The first-order valence-corrected chi connectivity index (χ1v) is 4.25. The second-order valence-corrected chi connectivity index (χ2v) is 3.12. The second kappa shape index (κ2) is 4.50. The molecule has 1 aromatic carbocycles. The summed E-state index contributed by atoms with van der Waals surface area (Å²) < 4.78 is 1.96. The molecule has 0 aliphatic carbocycles. The Morgan fingerprint density at radius 2 is 1.85 bits per heavy atom. The molecule has 0 aliphatic rings. The van der Waals surface area contributed by atoms with Crippen molar-refractivity contribution >= 4 is 12.0 Å². The van der Waals surface area contributed by atoms with E-state index in [1.54, 1.807) is 0 Å². The number of hydrogen-bond acceptors (Lipinski definition) is 1. The average molecular weight is 178 g/mol. The highest BCUT2D eigenvalue weighted by Gasteiger charge is 1.99. The molecule has 0 fully saturated rings. The van der Waals surface area contributed by atoms with Crippen molar-refractivity contribution in [1.82, 2.24) is 5.43 Å². The van der Waals surface area contributed by atoms with E-state index in [9.17, 15) is 0 Å². The van der Waals surface area contributed by atoms with Gasteiger partial charge in [-0.2, -0.15) is 5.43 Å². The fourth-order valence-corrected chi connectivity index (χ4v) is 0.928. The summed E-state index contributed by atoms with van der Waals surface area (Å²) in [6, 6.07) is 10.1. The molecule has 13 heavy (non-hydrogen) atoms. The predicted octanol–water partition coefficient (Wildman–Crippen LogP) is 0.928. The molecule has 0 aliphatic heterocycles. The standard InChI is InChI=1S/C10H15N3/c1-12(2)9-11-13(3)10-7-5-4-6-8-10/h4-9H,1-3H3/p+1. The Morgan fingerprint density at radius 1 is 1.23 bits per heavy atom. The fourth-order valence-electron chi connectivity index (χ4n) is 0.928. The van der Waals surface area contributed by atoms with E-state index in [4.69, 9.17) is 0 Å². The Labute approximate surface area is 79.3 Å². The Kier molecular flexibility index (Phi) is 3.31. The molecule has 0 spiro atoms. The first-order chi connectivity index (χ1) is 6.20. The molecule has 0 bridgehead atoms. The van der Waals surface area contributed by atoms with Crippen LogP contribution in [0.5, 0.6) is 0 Å². The topological polar surface area (TPSA) is 18.3 Å². The van der Waals surface area contributed by atoms with Gasteiger partial charge < -0.3 is 0 Å². The molecule has 3 heteroatoms. The molecule has 1 rings (SSSR count). The van der Waals surface area contributed by atoms with Crippen LogP contribution < -0.4 is 10.4 Å². The third kappa shape index (κ3) is 3.15. The SMILES string of the molecule is CN(NC=[N+](C)C)c1ccccc1. The monoisotopic (exact) mass is 178 g/mol. The van der Waals surface area contributed by atoms with Gasteiger partial charge in [0.1, 0.15) is 0 Å². The molecular weight excluding hydrogens is 162 g/mol. The molecule has 0 atom stereocenters. The smallest absolute Gasteiger partial charge is 0.255 e. The summed E-state index contributed by atoms with van der Waals surface area (Å²) in [5.41, 5.74) is 4.27. The van der Waals surface area contributed by atoms with Gasteiger partial charge in [0.2, 0.25) is 0 Å². The summed E-state index contributed by atoms with van der Waals surface area (Å²) in [7, 11) is 5.94. The first-order valence-electron chi connectivity index (χ1n) is 4.25. The fraction of sp³-hybridized carbons (Fsp3) is 0.300. The minimum absolute atomic E-state index is 1.14. The minimum atomic E-state index is 1.14. The Balaban J connectivity index is 2.59. The molecule has 0 amide bonds. The van der Waals surface area contributed by atoms with Crippen molar-refractivity contribution in [3.8, 4) is 0 Å². The highest BCUT2D eigenvalue weighted by atomic mass is 15.5. The lowest BCUT2D eigenvalue weighted by molar-refractivity contribution is -0.461. The summed E-state index contributed by atoms with van der Waals surface area (Å²) in [5, 5.41) is 1.96. The van der Waals surface area contributed by atoms with Gasteiger partial charge in [0.25, 0.3) is 6.34 Å². The number of nitrogens with zero attached hydrogens (tertiary/aromatic N) is 2. The summed E-state index contributed by atoms with van der Waals surface area (Å²) in [6.07, 6.45) is 1.90. The van der Waals surface area contributed by atoms with E-state index >= 15 is 0 Å². The van der Waals surface area contributed by atoms with Gasteiger partial charge >= 0.3 is 0 Å². The second-order valence-electron chi connectivity index (χ2n) is 3.12. The van der Waals surface area contributed by atoms with Gasteiger partial charge in [-0.3, -0.25) is 4.58 Å². The van der Waals surface area contributed by atoms with Crippen LogP contribution in [0, 0.1) is 0 Å². The van der Waals surface area contributed by atoms with E-state index in [-0.39, 0.29) is 0 Å². The minimum Gasteiger partial charge on any atom is -0.272 e. The van der Waals surface area contributed by atoms with Crippen LogP contribution in [0.2, 0.25) is 0 Å². The molecular formula is C10H16N3+. The van der Waals surface area contributed by atoms with E-state index in [1.165, 1.54) is 0 Å². The van der Waals surface area contributed by atoms with Crippen molar-refractivity contribution in [3.63, 3.8) is 0 Å². The molecule has 0 radical (unpaired) electrons. The third-order valence-corrected chi connectivity index (χ3v) is 1.65. The Morgan fingerprint density at radius 3 is 2.38 bits per heavy atom. The quantitative estimate of drug-likeness (QED) is 0.321. The van der Waals surface area contributed by atoms with Gasteiger partial charge in [-0.25, -0.2) is 5.01 Å². The summed E-state index contributed by atoms with van der Waals surface area (Å²) >= 11 is 0. The number of nitrogens with one attached hydrogen (secondary N) is 1. The van der Waals surface area contributed by atoms with Gasteiger partial charge in [-0.05, 0) is 12.1 Å². The van der Waals surface area contributed by atoms with E-state index in [2.05, 4.69) is 17.6 Å². The number of benzene rings is 1. The Bertz CT molecular complexity index is 275. The van der Waals surface area contributed by atoms with Gasteiger partial charge in [-0.15, -0.1) is 0 Å². The number of anilines is 1. The van der Waals surface area contributed by atoms with E-state index in [0.717, 1.165) is 5.69 Å². The van der Waals surface area contributed by atoms with Gasteiger partial charge in [0.05, 0.1) is 19.8 Å². The van der Waals surface area contributed by atoms with E-state index in [1.807, 2.05) is 55.3 Å². The lowest BCUT2D eigenvalue weighted by atomic mass is 10.3. The zero-order valence-corrected chi connectivity index (χ0v) is 8.36. The molecule has 0 aromatic heterocycles. The first kappa shape index (κ1) is 9.58. The third-order valence-electron chi connectivity index (χ3n) is 1.65. The van der Waals surface area contributed by atoms with E-state index in [0.29, 0.717) is 0 Å². The molecule has 1 aromatic rings. The predicted molar refractivity (Wildman–Crippen MR) is 56.2 cm³/mol. The zero-order valence-electron chi connectivity index (χ0n) is 8.36. The van der Waals surface area contributed by atoms with Crippen molar-refractivity contribution in [3.05, 3.63) is 30.3 Å². The highest BCUT2D eigenvalue weighted by molar-refractivity contribution is 5.55. The number of hydrogen-bond donors (Lipinski definition) is 1. The maximum atomic E-state index is 3.13. The van der Waals surface area contributed by atoms with Crippen LogP contribution in [0.15, 0.2) is 30.3 Å². The van der Waals surface area contributed by atoms with Crippen molar-refractivity contribution < 1.29 is 4.58 Å². The van der Waals surface area contributed by atoms with Gasteiger partial charge in [0, 0.05) is 7.05 Å². The van der Waals surface area contributed by atoms with Gasteiger partial charge in [0.15, 0.2) is 0 Å². The van der Waals surface area contributed by atoms with Gasteiger partial charge in [-0.1, -0.05) is 18.2 Å². The maximum Gasteiger partial charge on any atom is 0.255 e. The van der Waals surface area contributed by atoms with Crippen molar-refractivity contribution in [2.75, 3.05) is 26.2 Å². The number of hydrazine groups is 1. The van der Waals surface area contributed by atoms with Crippen LogP contribution in [-0.4, -0.2) is 32.1 Å². The van der Waals surface area contributed by atoms with Crippen molar-refractivity contribution in [1.29, 1.82) is 0 Å². The van der Waals surface area contributed by atoms with Crippen LogP contribution in [0.4, 0.5) is 5.69 Å². The highest BCUT2D eigenvalue weighted by Crippen LogP contribution is 2.07. The molecule has 0 saturated heterocycles. The number of para-hydroxylation sites is 1. The average Bonchev–Trinajstić information content (AvgIpc) is 2.15. The van der Waals surface area contributed by atoms with Crippen molar-refractivity contribution in [2.45, 2.75) is 0 Å². The normalized spacial score (nSPS) is 9.15. The summed E-state index contributed by atoms with van der Waals surface area (Å²) in [5.74, 6) is 0.